The maximum Gasteiger partial charge on any atom is 0.166 e. The molecule has 0 aliphatic heterocycles. The van der Waals surface area contributed by atoms with Gasteiger partial charge in [-0.15, -0.1) is 0 Å². The van der Waals surface area contributed by atoms with Crippen molar-refractivity contribution in [1.29, 1.82) is 0 Å². The van der Waals surface area contributed by atoms with Crippen LogP contribution in [0.1, 0.15) is 49.4 Å². The van der Waals surface area contributed by atoms with E-state index in [0.29, 0.717) is 12.0 Å². The van der Waals surface area contributed by atoms with Gasteiger partial charge in [-0.3, -0.25) is 9.78 Å². The number of rotatable bonds is 6. The van der Waals surface area contributed by atoms with Gasteiger partial charge in [0.05, 0.1) is 23.5 Å². The van der Waals surface area contributed by atoms with E-state index in [1.54, 1.807) is 29.3 Å². The van der Waals surface area contributed by atoms with Crippen LogP contribution in [-0.4, -0.2) is 20.4 Å². The highest BCUT2D eigenvalue weighted by Crippen LogP contribution is 2.13. The molecular formula is C13H17N3O. The van der Waals surface area contributed by atoms with Crippen molar-refractivity contribution in [2.75, 3.05) is 0 Å². The molecule has 0 bridgehead atoms. The lowest BCUT2D eigenvalue weighted by Gasteiger charge is -1.99. The lowest BCUT2D eigenvalue weighted by Crippen LogP contribution is -1.98. The number of Topliss-reactive ketones (excluding diaryl/α,β-unsaturated/α-hetero) is 1. The van der Waals surface area contributed by atoms with E-state index in [9.17, 15) is 4.79 Å². The fourth-order valence-corrected chi connectivity index (χ4v) is 1.90. The molecule has 2 aromatic heterocycles. The molecule has 0 unspecified atom stereocenters. The van der Waals surface area contributed by atoms with Gasteiger partial charge in [-0.1, -0.05) is 26.2 Å². The Morgan fingerprint density at radius 1 is 1.29 bits per heavy atom. The van der Waals surface area contributed by atoms with Crippen molar-refractivity contribution in [3.05, 3.63) is 30.4 Å². The molecule has 2 heterocycles. The third-order valence-corrected chi connectivity index (χ3v) is 2.88. The van der Waals surface area contributed by atoms with E-state index in [2.05, 4.69) is 17.0 Å². The number of ketones is 1. The van der Waals surface area contributed by atoms with Crippen LogP contribution in [0.3, 0.4) is 0 Å². The van der Waals surface area contributed by atoms with Gasteiger partial charge < -0.3 is 0 Å². The predicted octanol–water partition coefficient (Wildman–Crippen LogP) is 2.88. The molecule has 0 radical (unpaired) electrons. The number of aromatic nitrogens is 3. The van der Waals surface area contributed by atoms with Crippen LogP contribution in [-0.2, 0) is 0 Å². The minimum Gasteiger partial charge on any atom is -0.294 e. The van der Waals surface area contributed by atoms with Gasteiger partial charge in [0.2, 0.25) is 0 Å². The van der Waals surface area contributed by atoms with Crippen LogP contribution in [0, 0.1) is 0 Å². The van der Waals surface area contributed by atoms with E-state index in [1.807, 2.05) is 0 Å². The molecule has 17 heavy (non-hydrogen) atoms. The molecule has 0 aliphatic carbocycles. The zero-order chi connectivity index (χ0) is 12.1. The first-order valence-corrected chi connectivity index (χ1v) is 6.13. The van der Waals surface area contributed by atoms with Crippen molar-refractivity contribution >= 4 is 11.3 Å². The highest BCUT2D eigenvalue weighted by Gasteiger charge is 2.11. The quantitative estimate of drug-likeness (QED) is 0.567. The second kappa shape index (κ2) is 5.57. The van der Waals surface area contributed by atoms with Gasteiger partial charge in [0.25, 0.3) is 0 Å². The Morgan fingerprint density at radius 3 is 3.00 bits per heavy atom. The van der Waals surface area contributed by atoms with Crippen LogP contribution < -0.4 is 0 Å². The van der Waals surface area contributed by atoms with Crippen LogP contribution in [0.5, 0.6) is 0 Å². The molecule has 4 heteroatoms. The van der Waals surface area contributed by atoms with Gasteiger partial charge in [0.1, 0.15) is 0 Å². The van der Waals surface area contributed by atoms with Crippen LogP contribution >= 0.6 is 0 Å². The summed E-state index contributed by atoms with van der Waals surface area (Å²) in [5, 5.41) is 4.14. The molecule has 4 nitrogen and oxygen atoms in total. The van der Waals surface area contributed by atoms with E-state index < -0.39 is 0 Å². The van der Waals surface area contributed by atoms with E-state index in [1.165, 1.54) is 12.8 Å². The van der Waals surface area contributed by atoms with E-state index in [4.69, 9.17) is 0 Å². The van der Waals surface area contributed by atoms with E-state index in [0.717, 1.165) is 18.4 Å². The summed E-state index contributed by atoms with van der Waals surface area (Å²) in [6.07, 6.45) is 11.8. The molecule has 0 fully saturated rings. The van der Waals surface area contributed by atoms with Gasteiger partial charge >= 0.3 is 0 Å². The third-order valence-electron chi connectivity index (χ3n) is 2.88. The Labute approximate surface area is 101 Å². The second-order valence-electron chi connectivity index (χ2n) is 4.20. The number of carbonyl (C=O) groups excluding carboxylic acids is 1. The lowest BCUT2D eigenvalue weighted by atomic mass is 10.1. The first kappa shape index (κ1) is 11.8. The van der Waals surface area contributed by atoms with Crippen molar-refractivity contribution in [2.45, 2.75) is 39.0 Å². The standard InChI is InChI=1S/C13H17N3O/c1-2-3-4-5-6-13(17)11-9-15-16-8-7-14-10-12(11)16/h7-10H,2-6H2,1H3. The molecule has 90 valence electrons. The average molecular weight is 231 g/mol. The largest absolute Gasteiger partial charge is 0.294 e. The summed E-state index contributed by atoms with van der Waals surface area (Å²) in [5.74, 6) is 0.170. The summed E-state index contributed by atoms with van der Waals surface area (Å²) in [6.45, 7) is 2.17. The van der Waals surface area contributed by atoms with Gasteiger partial charge in [-0.25, -0.2) is 4.52 Å². The van der Waals surface area contributed by atoms with Gasteiger partial charge in [-0.05, 0) is 6.42 Å². The average Bonchev–Trinajstić information content (AvgIpc) is 2.78. The van der Waals surface area contributed by atoms with Crippen LogP contribution in [0.4, 0.5) is 0 Å². The number of carbonyl (C=O) groups is 1. The minimum absolute atomic E-state index is 0.170. The molecule has 0 N–H and O–H groups in total. The van der Waals surface area contributed by atoms with Gasteiger partial charge in [0, 0.05) is 18.8 Å². The van der Waals surface area contributed by atoms with Crippen molar-refractivity contribution in [1.82, 2.24) is 14.6 Å². The summed E-state index contributed by atoms with van der Waals surface area (Å²) in [5.41, 5.74) is 1.49. The number of hydrogen-bond acceptors (Lipinski definition) is 3. The van der Waals surface area contributed by atoms with Gasteiger partial charge in [0.15, 0.2) is 5.78 Å². The molecule has 0 atom stereocenters. The SMILES string of the molecule is CCCCCCC(=O)c1cnn2ccncc12. The van der Waals surface area contributed by atoms with Crippen molar-refractivity contribution in [3.63, 3.8) is 0 Å². The van der Waals surface area contributed by atoms with Gasteiger partial charge in [-0.2, -0.15) is 5.10 Å². The summed E-state index contributed by atoms with van der Waals surface area (Å²) in [4.78, 5) is 16.0. The molecule has 0 saturated heterocycles. The Balaban J connectivity index is 2.04. The predicted molar refractivity (Wildman–Crippen MR) is 66.1 cm³/mol. The zero-order valence-corrected chi connectivity index (χ0v) is 10.1. The number of fused-ring (bicyclic) bond motifs is 1. The maximum absolute atomic E-state index is 12.0. The first-order valence-electron chi connectivity index (χ1n) is 6.13. The Kier molecular flexibility index (Phi) is 3.85. The molecule has 0 aromatic carbocycles. The first-order chi connectivity index (χ1) is 8.33. The highest BCUT2D eigenvalue weighted by molar-refractivity contribution is 6.01. The van der Waals surface area contributed by atoms with E-state index in [-0.39, 0.29) is 5.78 Å². The fourth-order valence-electron chi connectivity index (χ4n) is 1.90. The summed E-state index contributed by atoms with van der Waals surface area (Å²) >= 11 is 0. The van der Waals surface area contributed by atoms with Crippen LogP contribution in [0.15, 0.2) is 24.8 Å². The zero-order valence-electron chi connectivity index (χ0n) is 10.1. The highest BCUT2D eigenvalue weighted by atomic mass is 16.1. The summed E-state index contributed by atoms with van der Waals surface area (Å²) in [7, 11) is 0. The van der Waals surface area contributed by atoms with E-state index >= 15 is 0 Å². The molecular weight excluding hydrogens is 214 g/mol. The monoisotopic (exact) mass is 231 g/mol. The number of nitrogens with zero attached hydrogens (tertiary/aromatic N) is 3. The van der Waals surface area contributed by atoms with Crippen molar-refractivity contribution < 1.29 is 4.79 Å². The molecule has 2 aromatic rings. The number of hydrogen-bond donors (Lipinski definition) is 0. The normalized spacial score (nSPS) is 10.9. The Hall–Kier alpha value is -1.71. The Morgan fingerprint density at radius 2 is 2.18 bits per heavy atom. The molecule has 0 aliphatic rings. The summed E-state index contributed by atoms with van der Waals surface area (Å²) < 4.78 is 1.69. The third kappa shape index (κ3) is 2.70. The Bertz CT molecular complexity index is 504. The maximum atomic E-state index is 12.0. The van der Waals surface area contributed by atoms with Crippen LogP contribution in [0.25, 0.3) is 5.52 Å². The van der Waals surface area contributed by atoms with Crippen LogP contribution in [0.2, 0.25) is 0 Å². The molecule has 0 saturated carbocycles. The lowest BCUT2D eigenvalue weighted by molar-refractivity contribution is 0.0980. The minimum atomic E-state index is 0.170. The topological polar surface area (TPSA) is 47.3 Å². The van der Waals surface area contributed by atoms with Crippen molar-refractivity contribution in [3.8, 4) is 0 Å². The summed E-state index contributed by atoms with van der Waals surface area (Å²) in [6, 6.07) is 0. The molecule has 2 rings (SSSR count). The second-order valence-corrected chi connectivity index (χ2v) is 4.20. The molecule has 0 amide bonds. The smallest absolute Gasteiger partial charge is 0.166 e. The fraction of sp³-hybridized carbons (Fsp3) is 0.462. The number of unbranched alkanes of at least 4 members (excludes halogenated alkanes) is 3. The molecule has 0 spiro atoms. The van der Waals surface area contributed by atoms with Crippen molar-refractivity contribution in [2.24, 2.45) is 0 Å².